The lowest BCUT2D eigenvalue weighted by Gasteiger charge is -2.28. The van der Waals surface area contributed by atoms with Crippen LogP contribution in [0.3, 0.4) is 0 Å². The number of halogens is 1. The van der Waals surface area contributed by atoms with Crippen LogP contribution in [-0.2, 0) is 4.79 Å². The maximum absolute atomic E-state index is 13.7. The molecule has 1 saturated carbocycles. The number of amides is 1. The van der Waals surface area contributed by atoms with Gasteiger partial charge in [-0.15, -0.1) is 0 Å². The molecule has 0 radical (unpaired) electrons. The van der Waals surface area contributed by atoms with Crippen LogP contribution >= 0.6 is 0 Å². The van der Waals surface area contributed by atoms with Crippen molar-refractivity contribution in [3.63, 3.8) is 0 Å². The average Bonchev–Trinajstić information content (AvgIpc) is 2.97. The first-order valence-corrected chi connectivity index (χ1v) is 7.62. The van der Waals surface area contributed by atoms with Crippen LogP contribution in [0.5, 0.6) is 5.75 Å². The Morgan fingerprint density at radius 3 is 3.05 bits per heavy atom. The van der Waals surface area contributed by atoms with Crippen LogP contribution in [0, 0.1) is 17.7 Å². The van der Waals surface area contributed by atoms with Gasteiger partial charge in [0.15, 0.2) is 11.6 Å². The van der Waals surface area contributed by atoms with Crippen LogP contribution in [0.4, 0.5) is 4.39 Å². The monoisotopic (exact) mass is 292 g/mol. The topological polar surface area (TPSA) is 64.4 Å². The van der Waals surface area contributed by atoms with Gasteiger partial charge in [-0.2, -0.15) is 0 Å². The summed E-state index contributed by atoms with van der Waals surface area (Å²) in [6.45, 7) is 0.973. The third kappa shape index (κ3) is 2.75. The fourth-order valence-electron chi connectivity index (χ4n) is 3.48. The molecule has 1 aliphatic heterocycles. The summed E-state index contributed by atoms with van der Waals surface area (Å²) in [4.78, 5) is 12.5. The largest absolute Gasteiger partial charge is 0.490 e. The number of nitrogens with one attached hydrogen (secondary N) is 1. The van der Waals surface area contributed by atoms with E-state index in [4.69, 9.17) is 10.5 Å². The number of carbonyl (C=O) groups is 1. The van der Waals surface area contributed by atoms with Crippen molar-refractivity contribution in [2.45, 2.75) is 31.7 Å². The quantitative estimate of drug-likeness (QED) is 0.897. The van der Waals surface area contributed by atoms with Gasteiger partial charge in [0.1, 0.15) is 0 Å². The molecule has 114 valence electrons. The molecular weight excluding hydrogens is 271 g/mol. The third-order valence-electron chi connectivity index (χ3n) is 4.64. The molecule has 0 saturated heterocycles. The second-order valence-electron chi connectivity index (χ2n) is 5.89. The van der Waals surface area contributed by atoms with E-state index in [0.29, 0.717) is 19.6 Å². The van der Waals surface area contributed by atoms with Crippen molar-refractivity contribution in [3.05, 3.63) is 29.6 Å². The number of benzene rings is 1. The predicted octanol–water partition coefficient (Wildman–Crippen LogP) is 2.14. The molecule has 0 unspecified atom stereocenters. The van der Waals surface area contributed by atoms with Crippen molar-refractivity contribution in [1.82, 2.24) is 5.32 Å². The van der Waals surface area contributed by atoms with Crippen molar-refractivity contribution < 1.29 is 13.9 Å². The van der Waals surface area contributed by atoms with Gasteiger partial charge < -0.3 is 15.8 Å². The second kappa shape index (κ2) is 6.02. The zero-order chi connectivity index (χ0) is 14.8. The molecule has 1 fully saturated rings. The van der Waals surface area contributed by atoms with Gasteiger partial charge in [-0.3, -0.25) is 4.79 Å². The van der Waals surface area contributed by atoms with Gasteiger partial charge in [-0.05, 0) is 31.4 Å². The van der Waals surface area contributed by atoms with Gasteiger partial charge in [-0.1, -0.05) is 18.6 Å². The van der Waals surface area contributed by atoms with Crippen LogP contribution in [0.15, 0.2) is 18.2 Å². The zero-order valence-electron chi connectivity index (χ0n) is 12.0. The highest BCUT2D eigenvalue weighted by Gasteiger charge is 2.34. The number of carbonyl (C=O) groups excluding carboxylic acids is 1. The van der Waals surface area contributed by atoms with E-state index in [9.17, 15) is 9.18 Å². The Hall–Kier alpha value is -1.62. The maximum atomic E-state index is 13.7. The van der Waals surface area contributed by atoms with E-state index < -0.39 is 0 Å². The minimum absolute atomic E-state index is 0.00476. The summed E-state index contributed by atoms with van der Waals surface area (Å²) in [5.74, 6) is 0.222. The van der Waals surface area contributed by atoms with Gasteiger partial charge in [0, 0.05) is 17.9 Å². The molecule has 5 heteroatoms. The molecule has 1 amide bonds. The van der Waals surface area contributed by atoms with Crippen molar-refractivity contribution in [3.8, 4) is 5.75 Å². The fraction of sp³-hybridized carbons (Fsp3) is 0.562. The first kappa shape index (κ1) is 14.3. The van der Waals surface area contributed by atoms with E-state index >= 15 is 0 Å². The van der Waals surface area contributed by atoms with Gasteiger partial charge in [0.05, 0.1) is 12.6 Å². The number of para-hydroxylation sites is 1. The molecule has 3 atom stereocenters. The van der Waals surface area contributed by atoms with Crippen molar-refractivity contribution in [1.29, 1.82) is 0 Å². The Balaban J connectivity index is 1.75. The molecule has 0 aromatic heterocycles. The summed E-state index contributed by atoms with van der Waals surface area (Å²) < 4.78 is 19.1. The number of rotatable bonds is 3. The molecule has 1 heterocycles. The zero-order valence-corrected chi connectivity index (χ0v) is 12.0. The van der Waals surface area contributed by atoms with Crippen LogP contribution in [-0.4, -0.2) is 19.1 Å². The lowest BCUT2D eigenvalue weighted by Crippen LogP contribution is -2.39. The highest BCUT2D eigenvalue weighted by Crippen LogP contribution is 2.36. The molecule has 1 aromatic carbocycles. The summed E-state index contributed by atoms with van der Waals surface area (Å²) in [5.41, 5.74) is 6.48. The van der Waals surface area contributed by atoms with E-state index in [2.05, 4.69) is 5.32 Å². The molecule has 3 N–H and O–H groups in total. The van der Waals surface area contributed by atoms with E-state index in [1.807, 2.05) is 6.07 Å². The SMILES string of the molecule is NC[C@H]1CCC[C@H]1C(=O)N[C@@H]1CCOc2c(F)cccc21. The highest BCUT2D eigenvalue weighted by molar-refractivity contribution is 5.80. The standard InChI is InChI=1S/C16H21FN2O2/c17-13-6-2-5-12-14(7-8-21-15(12)13)19-16(20)11-4-1-3-10(11)9-18/h2,5-6,10-11,14H,1,3-4,7-9,18H2,(H,19,20)/t10-,11-,14-/m1/s1. The van der Waals surface area contributed by atoms with E-state index in [1.54, 1.807) is 6.07 Å². The second-order valence-corrected chi connectivity index (χ2v) is 5.89. The molecule has 3 rings (SSSR count). The van der Waals surface area contributed by atoms with Crippen LogP contribution in [0.2, 0.25) is 0 Å². The number of nitrogens with two attached hydrogens (primary N) is 1. The third-order valence-corrected chi connectivity index (χ3v) is 4.64. The van der Waals surface area contributed by atoms with Gasteiger partial charge in [0.2, 0.25) is 5.91 Å². The molecule has 4 nitrogen and oxygen atoms in total. The van der Waals surface area contributed by atoms with Crippen LogP contribution in [0.25, 0.3) is 0 Å². The molecule has 0 spiro atoms. The summed E-state index contributed by atoms with van der Waals surface area (Å²) in [5, 5.41) is 3.07. The number of hydrogen-bond acceptors (Lipinski definition) is 3. The molecular formula is C16H21FN2O2. The normalized spacial score (nSPS) is 27.8. The average molecular weight is 292 g/mol. The first-order valence-electron chi connectivity index (χ1n) is 7.62. The van der Waals surface area contributed by atoms with Crippen LogP contribution < -0.4 is 15.8 Å². The Morgan fingerprint density at radius 2 is 2.24 bits per heavy atom. The number of fused-ring (bicyclic) bond motifs is 1. The molecule has 1 aromatic rings. The van der Waals surface area contributed by atoms with E-state index in [1.165, 1.54) is 6.07 Å². The lowest BCUT2D eigenvalue weighted by atomic mass is 9.93. The smallest absolute Gasteiger partial charge is 0.223 e. The Morgan fingerprint density at radius 1 is 1.38 bits per heavy atom. The number of ether oxygens (including phenoxy) is 1. The lowest BCUT2D eigenvalue weighted by molar-refractivity contribution is -0.126. The summed E-state index contributed by atoms with van der Waals surface area (Å²) in [6, 6.07) is 4.68. The maximum Gasteiger partial charge on any atom is 0.223 e. The first-order chi connectivity index (χ1) is 10.2. The van der Waals surface area contributed by atoms with Gasteiger partial charge in [-0.25, -0.2) is 4.39 Å². The molecule has 21 heavy (non-hydrogen) atoms. The Labute approximate surface area is 123 Å². The van der Waals surface area contributed by atoms with Gasteiger partial charge >= 0.3 is 0 Å². The summed E-state index contributed by atoms with van der Waals surface area (Å²) in [7, 11) is 0. The summed E-state index contributed by atoms with van der Waals surface area (Å²) >= 11 is 0. The van der Waals surface area contributed by atoms with Crippen LogP contribution in [0.1, 0.15) is 37.3 Å². The van der Waals surface area contributed by atoms with Crippen molar-refractivity contribution in [2.75, 3.05) is 13.2 Å². The predicted molar refractivity (Wildman–Crippen MR) is 77.3 cm³/mol. The number of hydrogen-bond donors (Lipinski definition) is 2. The van der Waals surface area contributed by atoms with E-state index in [0.717, 1.165) is 24.8 Å². The fourth-order valence-corrected chi connectivity index (χ4v) is 3.48. The van der Waals surface area contributed by atoms with Gasteiger partial charge in [0.25, 0.3) is 0 Å². The molecule has 1 aliphatic carbocycles. The Kier molecular flexibility index (Phi) is 4.10. The van der Waals surface area contributed by atoms with E-state index in [-0.39, 0.29) is 35.4 Å². The molecule has 0 bridgehead atoms. The minimum atomic E-state index is -0.368. The minimum Gasteiger partial charge on any atom is -0.490 e. The molecule has 2 aliphatic rings. The highest BCUT2D eigenvalue weighted by atomic mass is 19.1. The van der Waals surface area contributed by atoms with Crippen molar-refractivity contribution >= 4 is 5.91 Å². The Bertz CT molecular complexity index is 535. The summed E-state index contributed by atoms with van der Waals surface area (Å²) in [6.07, 6.45) is 3.64. The van der Waals surface area contributed by atoms with Crippen molar-refractivity contribution in [2.24, 2.45) is 17.6 Å².